The summed E-state index contributed by atoms with van der Waals surface area (Å²) in [5.74, 6) is 0.356. The Morgan fingerprint density at radius 2 is 1.96 bits per heavy atom. The largest absolute Gasteiger partial charge is 0.484 e. The van der Waals surface area contributed by atoms with E-state index in [2.05, 4.69) is 10.6 Å². The van der Waals surface area contributed by atoms with Gasteiger partial charge in [0.2, 0.25) is 5.91 Å². The normalized spacial score (nSPS) is 11.6. The predicted molar refractivity (Wildman–Crippen MR) is 108 cm³/mol. The van der Waals surface area contributed by atoms with Crippen LogP contribution in [0.3, 0.4) is 0 Å². The van der Waals surface area contributed by atoms with Gasteiger partial charge in [-0.15, -0.1) is 0 Å². The lowest BCUT2D eigenvalue weighted by atomic mass is 10.1. The van der Waals surface area contributed by atoms with Crippen molar-refractivity contribution in [2.45, 2.75) is 33.7 Å². The summed E-state index contributed by atoms with van der Waals surface area (Å²) >= 11 is 5.91. The number of amides is 2. The molecule has 1 atom stereocenters. The van der Waals surface area contributed by atoms with E-state index in [9.17, 15) is 9.59 Å². The maximum atomic E-state index is 12.0. The third kappa shape index (κ3) is 6.61. The van der Waals surface area contributed by atoms with Gasteiger partial charge in [-0.25, -0.2) is 0 Å². The minimum absolute atomic E-state index is 0.00887. The Balaban J connectivity index is 1.84. The average Bonchev–Trinajstić information content (AvgIpc) is 2.65. The highest BCUT2D eigenvalue weighted by atomic mass is 35.5. The van der Waals surface area contributed by atoms with Gasteiger partial charge in [0.25, 0.3) is 5.91 Å². The maximum absolute atomic E-state index is 12.0. The molecule has 0 bridgehead atoms. The molecule has 2 rings (SSSR count). The standard InChI is InChI=1S/C21H25ClN2O3/c1-4-14(2)21(26)24-18-7-5-6-16(11-18)12-23-20(25)13-27-19-9-8-17(22)10-15(19)3/h5-11,14H,4,12-13H2,1-3H3,(H,23,25)(H,24,26). The molecule has 0 spiro atoms. The van der Waals surface area contributed by atoms with E-state index in [1.165, 1.54) is 0 Å². The van der Waals surface area contributed by atoms with Crippen molar-refractivity contribution in [3.8, 4) is 5.75 Å². The van der Waals surface area contributed by atoms with E-state index in [4.69, 9.17) is 16.3 Å². The van der Waals surface area contributed by atoms with E-state index >= 15 is 0 Å². The molecule has 6 heteroatoms. The Hall–Kier alpha value is -2.53. The van der Waals surface area contributed by atoms with E-state index in [1.807, 2.05) is 45.0 Å². The Morgan fingerprint density at radius 1 is 1.19 bits per heavy atom. The first-order valence-corrected chi connectivity index (χ1v) is 9.32. The molecule has 0 fully saturated rings. The quantitative estimate of drug-likeness (QED) is 0.707. The van der Waals surface area contributed by atoms with Crippen molar-refractivity contribution in [1.29, 1.82) is 0 Å². The van der Waals surface area contributed by atoms with Crippen molar-refractivity contribution >= 4 is 29.1 Å². The van der Waals surface area contributed by atoms with E-state index in [-0.39, 0.29) is 24.3 Å². The van der Waals surface area contributed by atoms with Crippen molar-refractivity contribution in [2.75, 3.05) is 11.9 Å². The molecular formula is C21H25ClN2O3. The lowest BCUT2D eigenvalue weighted by Crippen LogP contribution is -2.28. The fourth-order valence-corrected chi connectivity index (χ4v) is 2.61. The van der Waals surface area contributed by atoms with Crippen LogP contribution in [0.4, 0.5) is 5.69 Å². The zero-order valence-electron chi connectivity index (χ0n) is 15.8. The average molecular weight is 389 g/mol. The summed E-state index contributed by atoms with van der Waals surface area (Å²) in [6.07, 6.45) is 0.786. The first-order valence-electron chi connectivity index (χ1n) is 8.94. The number of ether oxygens (including phenoxy) is 1. The third-order valence-electron chi connectivity index (χ3n) is 4.24. The summed E-state index contributed by atoms with van der Waals surface area (Å²) in [5, 5.41) is 6.33. The van der Waals surface area contributed by atoms with Gasteiger partial charge < -0.3 is 15.4 Å². The van der Waals surface area contributed by atoms with Crippen molar-refractivity contribution in [3.05, 3.63) is 58.6 Å². The summed E-state index contributed by atoms with van der Waals surface area (Å²) in [4.78, 5) is 24.0. The molecule has 0 aliphatic heterocycles. The molecule has 2 aromatic rings. The van der Waals surface area contributed by atoms with E-state index in [1.54, 1.807) is 18.2 Å². The molecule has 0 aliphatic rings. The Bertz CT molecular complexity index is 808. The number of hydrogen-bond donors (Lipinski definition) is 2. The fourth-order valence-electron chi connectivity index (χ4n) is 2.38. The molecule has 0 saturated carbocycles. The van der Waals surface area contributed by atoms with Crippen LogP contribution < -0.4 is 15.4 Å². The summed E-state index contributed by atoms with van der Waals surface area (Å²) in [7, 11) is 0. The highest BCUT2D eigenvalue weighted by Gasteiger charge is 2.11. The smallest absolute Gasteiger partial charge is 0.258 e. The number of halogens is 1. The summed E-state index contributed by atoms with van der Waals surface area (Å²) in [5.41, 5.74) is 2.49. The van der Waals surface area contributed by atoms with E-state index < -0.39 is 0 Å². The topological polar surface area (TPSA) is 67.4 Å². The number of rotatable bonds is 8. The number of anilines is 1. The van der Waals surface area contributed by atoms with E-state index in [0.29, 0.717) is 17.3 Å². The van der Waals surface area contributed by atoms with Gasteiger partial charge in [0, 0.05) is 23.2 Å². The minimum Gasteiger partial charge on any atom is -0.484 e. The Kier molecular flexibility index (Phi) is 7.67. The maximum Gasteiger partial charge on any atom is 0.258 e. The molecule has 2 aromatic carbocycles. The Morgan fingerprint density at radius 3 is 2.67 bits per heavy atom. The zero-order valence-corrected chi connectivity index (χ0v) is 16.6. The van der Waals surface area contributed by atoms with Crippen LogP contribution >= 0.6 is 11.6 Å². The zero-order chi connectivity index (χ0) is 19.8. The molecule has 144 valence electrons. The van der Waals surface area contributed by atoms with Crippen molar-refractivity contribution < 1.29 is 14.3 Å². The van der Waals surface area contributed by atoms with E-state index in [0.717, 1.165) is 23.2 Å². The molecule has 2 N–H and O–H groups in total. The van der Waals surface area contributed by atoms with Crippen LogP contribution in [-0.2, 0) is 16.1 Å². The lowest BCUT2D eigenvalue weighted by molar-refractivity contribution is -0.123. The first-order chi connectivity index (χ1) is 12.9. The van der Waals surface area contributed by atoms with Crippen molar-refractivity contribution in [3.63, 3.8) is 0 Å². The number of benzene rings is 2. The number of carbonyl (C=O) groups is 2. The summed E-state index contributed by atoms with van der Waals surface area (Å²) in [6, 6.07) is 12.7. The molecule has 27 heavy (non-hydrogen) atoms. The second-order valence-corrected chi connectivity index (χ2v) is 6.91. The van der Waals surface area contributed by atoms with Crippen LogP contribution in [0.5, 0.6) is 5.75 Å². The SMILES string of the molecule is CCC(C)C(=O)Nc1cccc(CNC(=O)COc2ccc(Cl)cc2C)c1. The first kappa shape index (κ1) is 20.8. The number of aryl methyl sites for hydroxylation is 1. The Labute approximate surface area is 165 Å². The molecule has 2 amide bonds. The van der Waals surface area contributed by atoms with Gasteiger partial charge in [0.15, 0.2) is 6.61 Å². The van der Waals surface area contributed by atoms with Gasteiger partial charge in [-0.05, 0) is 54.8 Å². The monoisotopic (exact) mass is 388 g/mol. The molecule has 5 nitrogen and oxygen atoms in total. The second kappa shape index (κ2) is 9.97. The highest BCUT2D eigenvalue weighted by molar-refractivity contribution is 6.30. The second-order valence-electron chi connectivity index (χ2n) is 6.47. The molecule has 0 aromatic heterocycles. The van der Waals surface area contributed by atoms with Crippen molar-refractivity contribution in [1.82, 2.24) is 5.32 Å². The van der Waals surface area contributed by atoms with Gasteiger partial charge in [-0.3, -0.25) is 9.59 Å². The van der Waals surface area contributed by atoms with Crippen LogP contribution in [-0.4, -0.2) is 18.4 Å². The van der Waals surface area contributed by atoms with Crippen LogP contribution in [0.2, 0.25) is 5.02 Å². The number of carbonyl (C=O) groups excluding carboxylic acids is 2. The molecule has 0 aliphatic carbocycles. The van der Waals surface area contributed by atoms with Gasteiger partial charge >= 0.3 is 0 Å². The van der Waals surface area contributed by atoms with Gasteiger partial charge in [0.1, 0.15) is 5.75 Å². The summed E-state index contributed by atoms with van der Waals surface area (Å²) < 4.78 is 5.53. The third-order valence-corrected chi connectivity index (χ3v) is 4.47. The minimum atomic E-state index is -0.224. The molecular weight excluding hydrogens is 364 g/mol. The highest BCUT2D eigenvalue weighted by Crippen LogP contribution is 2.21. The van der Waals surface area contributed by atoms with Gasteiger partial charge in [-0.1, -0.05) is 37.6 Å². The van der Waals surface area contributed by atoms with Crippen LogP contribution in [0.25, 0.3) is 0 Å². The van der Waals surface area contributed by atoms with Gasteiger partial charge in [0.05, 0.1) is 0 Å². The van der Waals surface area contributed by atoms with Crippen LogP contribution in [0.1, 0.15) is 31.4 Å². The predicted octanol–water partition coefficient (Wildman–Crippen LogP) is 4.33. The lowest BCUT2D eigenvalue weighted by Gasteiger charge is -2.12. The van der Waals surface area contributed by atoms with Crippen LogP contribution in [0.15, 0.2) is 42.5 Å². The summed E-state index contributed by atoms with van der Waals surface area (Å²) in [6.45, 7) is 6.02. The molecule has 0 radical (unpaired) electrons. The molecule has 1 unspecified atom stereocenters. The van der Waals surface area contributed by atoms with Gasteiger partial charge in [-0.2, -0.15) is 0 Å². The number of nitrogens with one attached hydrogen (secondary N) is 2. The van der Waals surface area contributed by atoms with Crippen LogP contribution in [0, 0.1) is 12.8 Å². The molecule has 0 heterocycles. The van der Waals surface area contributed by atoms with Crippen molar-refractivity contribution in [2.24, 2.45) is 5.92 Å². The number of hydrogen-bond acceptors (Lipinski definition) is 3. The fraction of sp³-hybridized carbons (Fsp3) is 0.333. The molecule has 0 saturated heterocycles.